The van der Waals surface area contributed by atoms with E-state index in [9.17, 15) is 0 Å². The Bertz CT molecular complexity index is 1110. The highest BCUT2D eigenvalue weighted by Crippen LogP contribution is 2.39. The summed E-state index contributed by atoms with van der Waals surface area (Å²) in [6, 6.07) is 19.8. The number of nitrogens with zero attached hydrogens (tertiary/aromatic N) is 3. The number of nitrogens with one attached hydrogen (secondary N) is 3. The first-order valence-corrected chi connectivity index (χ1v) is 9.86. The number of fused-ring (bicyclic) bond motifs is 1. The fourth-order valence-electron chi connectivity index (χ4n) is 3.22. The van der Waals surface area contributed by atoms with Gasteiger partial charge in [-0.1, -0.05) is 30.3 Å². The standard InChI is InChI=1S/C22H22N6O/c1-2-6-16(7-3-1)29-13-12-23-22-24-18-9-5-4-8-17(18)21(26-22)25-20-14-19(27-28-20)15-10-11-15/h1-9,14-15H,10-13H2,(H3,23,24,25,26,27,28). The number of H-pyrrole nitrogens is 1. The van der Waals surface area contributed by atoms with Crippen molar-refractivity contribution in [3.8, 4) is 5.75 Å². The summed E-state index contributed by atoms with van der Waals surface area (Å²) < 4.78 is 5.72. The van der Waals surface area contributed by atoms with Crippen molar-refractivity contribution in [2.24, 2.45) is 0 Å². The summed E-state index contributed by atoms with van der Waals surface area (Å²) >= 11 is 0. The Hall–Kier alpha value is -3.61. The summed E-state index contributed by atoms with van der Waals surface area (Å²) in [5, 5.41) is 15.0. The first-order chi connectivity index (χ1) is 14.3. The van der Waals surface area contributed by atoms with Crippen LogP contribution < -0.4 is 15.4 Å². The number of para-hydroxylation sites is 2. The summed E-state index contributed by atoms with van der Waals surface area (Å²) in [6.07, 6.45) is 2.47. The molecule has 2 aromatic heterocycles. The van der Waals surface area contributed by atoms with Gasteiger partial charge in [-0.15, -0.1) is 0 Å². The lowest BCUT2D eigenvalue weighted by molar-refractivity contribution is 0.332. The molecule has 7 nitrogen and oxygen atoms in total. The Balaban J connectivity index is 1.31. The number of hydrogen-bond donors (Lipinski definition) is 3. The van der Waals surface area contributed by atoms with Gasteiger partial charge in [0.2, 0.25) is 5.95 Å². The van der Waals surface area contributed by atoms with Crippen LogP contribution in [0.2, 0.25) is 0 Å². The van der Waals surface area contributed by atoms with Crippen molar-refractivity contribution in [1.29, 1.82) is 0 Å². The Labute approximate surface area is 168 Å². The fraction of sp³-hybridized carbons (Fsp3) is 0.227. The molecule has 5 rings (SSSR count). The number of rotatable bonds is 8. The molecule has 2 aromatic carbocycles. The predicted molar refractivity (Wildman–Crippen MR) is 114 cm³/mol. The van der Waals surface area contributed by atoms with Crippen LogP contribution in [0, 0.1) is 0 Å². The lowest BCUT2D eigenvalue weighted by atomic mass is 10.2. The zero-order valence-electron chi connectivity index (χ0n) is 15.9. The number of hydrogen-bond acceptors (Lipinski definition) is 6. The normalized spacial score (nSPS) is 13.4. The van der Waals surface area contributed by atoms with E-state index in [1.165, 1.54) is 18.5 Å². The first kappa shape index (κ1) is 17.5. The summed E-state index contributed by atoms with van der Waals surface area (Å²) in [5.74, 6) is 3.54. The zero-order valence-corrected chi connectivity index (χ0v) is 15.9. The molecule has 0 aliphatic heterocycles. The molecule has 0 radical (unpaired) electrons. The van der Waals surface area contributed by atoms with Crippen molar-refractivity contribution >= 4 is 28.5 Å². The third-order valence-electron chi connectivity index (χ3n) is 4.86. The molecule has 1 aliphatic rings. The number of anilines is 3. The van der Waals surface area contributed by atoms with Gasteiger partial charge in [0, 0.05) is 23.1 Å². The summed E-state index contributed by atoms with van der Waals surface area (Å²) in [6.45, 7) is 1.12. The molecular weight excluding hydrogens is 364 g/mol. The topological polar surface area (TPSA) is 87.8 Å². The minimum absolute atomic E-state index is 0.521. The van der Waals surface area contributed by atoms with Crippen molar-refractivity contribution < 1.29 is 4.74 Å². The van der Waals surface area contributed by atoms with Crippen molar-refractivity contribution in [1.82, 2.24) is 20.2 Å². The molecule has 0 amide bonds. The average Bonchev–Trinajstić information content (AvgIpc) is 3.51. The van der Waals surface area contributed by atoms with E-state index in [-0.39, 0.29) is 0 Å². The van der Waals surface area contributed by atoms with E-state index in [1.807, 2.05) is 54.6 Å². The van der Waals surface area contributed by atoms with Crippen LogP contribution in [0.15, 0.2) is 60.7 Å². The number of aromatic nitrogens is 4. The van der Waals surface area contributed by atoms with E-state index in [0.29, 0.717) is 25.0 Å². The third kappa shape index (κ3) is 4.13. The van der Waals surface area contributed by atoms with Crippen LogP contribution >= 0.6 is 0 Å². The van der Waals surface area contributed by atoms with Gasteiger partial charge in [-0.25, -0.2) is 4.98 Å². The van der Waals surface area contributed by atoms with Gasteiger partial charge in [-0.3, -0.25) is 5.10 Å². The highest BCUT2D eigenvalue weighted by Gasteiger charge is 2.25. The zero-order chi connectivity index (χ0) is 19.5. The smallest absolute Gasteiger partial charge is 0.225 e. The Morgan fingerprint density at radius 2 is 1.83 bits per heavy atom. The maximum atomic E-state index is 5.72. The van der Waals surface area contributed by atoms with E-state index in [1.54, 1.807) is 0 Å². The van der Waals surface area contributed by atoms with Crippen LogP contribution in [0.1, 0.15) is 24.5 Å². The molecule has 7 heteroatoms. The monoisotopic (exact) mass is 386 g/mol. The van der Waals surface area contributed by atoms with E-state index in [4.69, 9.17) is 4.74 Å². The molecule has 0 saturated heterocycles. The maximum absolute atomic E-state index is 5.72. The number of ether oxygens (including phenoxy) is 1. The van der Waals surface area contributed by atoms with Crippen LogP contribution in [-0.2, 0) is 0 Å². The van der Waals surface area contributed by atoms with Gasteiger partial charge >= 0.3 is 0 Å². The largest absolute Gasteiger partial charge is 0.492 e. The maximum Gasteiger partial charge on any atom is 0.225 e. The second kappa shape index (κ2) is 7.79. The quantitative estimate of drug-likeness (QED) is 0.387. The Morgan fingerprint density at radius 3 is 2.69 bits per heavy atom. The van der Waals surface area contributed by atoms with Gasteiger partial charge in [-0.2, -0.15) is 10.1 Å². The van der Waals surface area contributed by atoms with Gasteiger partial charge in [0.25, 0.3) is 0 Å². The Morgan fingerprint density at radius 1 is 1.00 bits per heavy atom. The number of benzene rings is 2. The second-order valence-electron chi connectivity index (χ2n) is 7.11. The molecule has 29 heavy (non-hydrogen) atoms. The van der Waals surface area contributed by atoms with E-state index in [2.05, 4.69) is 36.9 Å². The molecule has 0 bridgehead atoms. The highest BCUT2D eigenvalue weighted by molar-refractivity contribution is 5.91. The molecule has 3 N–H and O–H groups in total. The first-order valence-electron chi connectivity index (χ1n) is 9.86. The van der Waals surface area contributed by atoms with Gasteiger partial charge in [0.15, 0.2) is 5.82 Å². The van der Waals surface area contributed by atoms with Crippen molar-refractivity contribution in [3.05, 3.63) is 66.4 Å². The predicted octanol–water partition coefficient (Wildman–Crippen LogP) is 4.46. The molecule has 0 spiro atoms. The molecule has 2 heterocycles. The van der Waals surface area contributed by atoms with Crippen molar-refractivity contribution in [2.45, 2.75) is 18.8 Å². The lowest BCUT2D eigenvalue weighted by Gasteiger charge is -2.11. The van der Waals surface area contributed by atoms with Crippen LogP contribution in [0.5, 0.6) is 5.75 Å². The third-order valence-corrected chi connectivity index (χ3v) is 4.86. The molecular formula is C22H22N6O. The summed E-state index contributed by atoms with van der Waals surface area (Å²) in [7, 11) is 0. The highest BCUT2D eigenvalue weighted by atomic mass is 16.5. The molecule has 1 fully saturated rings. The average molecular weight is 386 g/mol. The van der Waals surface area contributed by atoms with E-state index >= 15 is 0 Å². The van der Waals surface area contributed by atoms with Gasteiger partial charge in [0.05, 0.1) is 12.1 Å². The van der Waals surface area contributed by atoms with E-state index in [0.717, 1.165) is 28.3 Å². The Kier molecular flexibility index (Phi) is 4.70. The lowest BCUT2D eigenvalue weighted by Crippen LogP contribution is -2.14. The molecule has 146 valence electrons. The summed E-state index contributed by atoms with van der Waals surface area (Å²) in [4.78, 5) is 9.29. The van der Waals surface area contributed by atoms with Crippen LogP contribution in [0.4, 0.5) is 17.6 Å². The molecule has 0 atom stereocenters. The van der Waals surface area contributed by atoms with Crippen molar-refractivity contribution in [3.63, 3.8) is 0 Å². The van der Waals surface area contributed by atoms with Crippen molar-refractivity contribution in [2.75, 3.05) is 23.8 Å². The SMILES string of the molecule is c1ccc(OCCNc2nc(Nc3cc(C4CC4)[nH]n3)c3ccccc3n2)cc1. The van der Waals surface area contributed by atoms with E-state index < -0.39 is 0 Å². The molecule has 1 saturated carbocycles. The molecule has 1 aliphatic carbocycles. The van der Waals surface area contributed by atoms with Gasteiger partial charge < -0.3 is 15.4 Å². The number of aromatic amines is 1. The minimum Gasteiger partial charge on any atom is -0.492 e. The summed E-state index contributed by atoms with van der Waals surface area (Å²) in [5.41, 5.74) is 2.05. The van der Waals surface area contributed by atoms with Crippen LogP contribution in [0.3, 0.4) is 0 Å². The molecule has 0 unspecified atom stereocenters. The van der Waals surface area contributed by atoms with Gasteiger partial charge in [-0.05, 0) is 37.1 Å². The van der Waals surface area contributed by atoms with Crippen LogP contribution in [-0.4, -0.2) is 33.3 Å². The second-order valence-corrected chi connectivity index (χ2v) is 7.11. The minimum atomic E-state index is 0.521. The van der Waals surface area contributed by atoms with Crippen LogP contribution in [0.25, 0.3) is 10.9 Å². The fourth-order valence-corrected chi connectivity index (χ4v) is 3.22. The molecule has 4 aromatic rings. The van der Waals surface area contributed by atoms with Gasteiger partial charge in [0.1, 0.15) is 18.2 Å².